The average molecular weight is 321 g/mol. The molecule has 0 spiro atoms. The standard InChI is InChI=1S/C15H13BrOS/c16-15-8-6-13(7-9-15)10-11-18(17)12-14-4-2-1-3-5-14/h1-11H,12H2/b11-10-. The summed E-state index contributed by atoms with van der Waals surface area (Å²) in [6.45, 7) is 0. The molecule has 92 valence electrons. The molecule has 0 aliphatic rings. The molecular weight excluding hydrogens is 308 g/mol. The minimum Gasteiger partial charge on any atom is -0.255 e. The highest BCUT2D eigenvalue weighted by Gasteiger charge is 1.97. The average Bonchev–Trinajstić information content (AvgIpc) is 2.39. The van der Waals surface area contributed by atoms with Crippen LogP contribution < -0.4 is 0 Å². The Bertz CT molecular complexity index is 546. The maximum atomic E-state index is 11.9. The second-order valence-corrected chi connectivity index (χ2v) is 6.10. The van der Waals surface area contributed by atoms with Gasteiger partial charge in [-0.3, -0.25) is 4.21 Å². The second-order valence-electron chi connectivity index (χ2n) is 3.86. The number of hydrogen-bond donors (Lipinski definition) is 0. The van der Waals surface area contributed by atoms with Crippen LogP contribution in [0.3, 0.4) is 0 Å². The molecule has 1 unspecified atom stereocenters. The summed E-state index contributed by atoms with van der Waals surface area (Å²) in [4.78, 5) is 0. The van der Waals surface area contributed by atoms with E-state index in [1.807, 2.05) is 60.7 Å². The highest BCUT2D eigenvalue weighted by molar-refractivity contribution is 9.10. The summed E-state index contributed by atoms with van der Waals surface area (Å²) < 4.78 is 12.9. The van der Waals surface area contributed by atoms with Crippen LogP contribution in [0.25, 0.3) is 6.08 Å². The van der Waals surface area contributed by atoms with Gasteiger partial charge in [0.15, 0.2) is 0 Å². The first-order valence-corrected chi connectivity index (χ1v) is 7.76. The first kappa shape index (κ1) is 13.2. The third-order valence-corrected chi connectivity index (χ3v) is 4.02. The zero-order valence-corrected chi connectivity index (χ0v) is 12.2. The molecule has 0 radical (unpaired) electrons. The van der Waals surface area contributed by atoms with Crippen molar-refractivity contribution in [2.24, 2.45) is 0 Å². The minimum absolute atomic E-state index is 0.563. The lowest BCUT2D eigenvalue weighted by molar-refractivity contribution is 0.688. The van der Waals surface area contributed by atoms with Gasteiger partial charge in [0.05, 0.1) is 16.6 Å². The predicted octanol–water partition coefficient (Wildman–Crippen LogP) is 4.37. The van der Waals surface area contributed by atoms with Crippen molar-refractivity contribution in [3.63, 3.8) is 0 Å². The van der Waals surface area contributed by atoms with Gasteiger partial charge < -0.3 is 0 Å². The topological polar surface area (TPSA) is 17.1 Å². The summed E-state index contributed by atoms with van der Waals surface area (Å²) in [5, 5.41) is 1.75. The molecule has 0 heterocycles. The Morgan fingerprint density at radius 1 is 1.00 bits per heavy atom. The van der Waals surface area contributed by atoms with Crippen LogP contribution >= 0.6 is 15.9 Å². The molecule has 2 aromatic carbocycles. The Morgan fingerprint density at radius 2 is 1.67 bits per heavy atom. The molecule has 0 aromatic heterocycles. The lowest BCUT2D eigenvalue weighted by Gasteiger charge is -1.97. The molecule has 0 fully saturated rings. The smallest absolute Gasteiger partial charge is 0.0526 e. The minimum atomic E-state index is -0.969. The van der Waals surface area contributed by atoms with Gasteiger partial charge in [0.25, 0.3) is 0 Å². The van der Waals surface area contributed by atoms with E-state index < -0.39 is 10.8 Å². The number of benzene rings is 2. The fourth-order valence-corrected chi connectivity index (χ4v) is 2.71. The largest absolute Gasteiger partial charge is 0.255 e. The normalized spacial score (nSPS) is 12.7. The Kier molecular flexibility index (Phi) is 4.90. The molecule has 0 amide bonds. The number of hydrogen-bond acceptors (Lipinski definition) is 1. The molecular formula is C15H13BrOS. The van der Waals surface area contributed by atoms with E-state index in [1.54, 1.807) is 5.41 Å². The fourth-order valence-electron chi connectivity index (χ4n) is 1.51. The number of rotatable bonds is 4. The van der Waals surface area contributed by atoms with Gasteiger partial charge in [-0.2, -0.15) is 0 Å². The maximum absolute atomic E-state index is 11.9. The summed E-state index contributed by atoms with van der Waals surface area (Å²) in [6, 6.07) is 17.8. The van der Waals surface area contributed by atoms with Gasteiger partial charge in [0.2, 0.25) is 0 Å². The summed E-state index contributed by atoms with van der Waals surface area (Å²) in [6.07, 6.45) is 1.89. The van der Waals surface area contributed by atoms with Crippen molar-refractivity contribution in [3.8, 4) is 0 Å². The molecule has 0 aliphatic heterocycles. The maximum Gasteiger partial charge on any atom is 0.0526 e. The first-order chi connectivity index (χ1) is 8.74. The lowest BCUT2D eigenvalue weighted by atomic mass is 10.2. The molecule has 18 heavy (non-hydrogen) atoms. The van der Waals surface area contributed by atoms with Crippen molar-refractivity contribution < 1.29 is 4.21 Å². The van der Waals surface area contributed by atoms with E-state index in [4.69, 9.17) is 0 Å². The molecule has 0 saturated heterocycles. The van der Waals surface area contributed by atoms with Crippen molar-refractivity contribution >= 4 is 32.8 Å². The van der Waals surface area contributed by atoms with Crippen LogP contribution in [0.5, 0.6) is 0 Å². The van der Waals surface area contributed by atoms with Crippen molar-refractivity contribution in [1.29, 1.82) is 0 Å². The molecule has 0 saturated carbocycles. The predicted molar refractivity (Wildman–Crippen MR) is 81.5 cm³/mol. The second kappa shape index (κ2) is 6.66. The van der Waals surface area contributed by atoms with Crippen LogP contribution in [0.4, 0.5) is 0 Å². The van der Waals surface area contributed by atoms with Gasteiger partial charge in [-0.15, -0.1) is 0 Å². The van der Waals surface area contributed by atoms with Gasteiger partial charge >= 0.3 is 0 Å². The van der Waals surface area contributed by atoms with Crippen molar-refractivity contribution in [2.75, 3.05) is 0 Å². The zero-order chi connectivity index (χ0) is 12.8. The SMILES string of the molecule is O=S(/C=C\c1ccc(Br)cc1)Cc1ccccc1. The first-order valence-electron chi connectivity index (χ1n) is 5.59. The third kappa shape index (κ3) is 4.24. The zero-order valence-electron chi connectivity index (χ0n) is 9.75. The van der Waals surface area contributed by atoms with Gasteiger partial charge in [0.1, 0.15) is 0 Å². The van der Waals surface area contributed by atoms with Gasteiger partial charge in [-0.25, -0.2) is 0 Å². The van der Waals surface area contributed by atoms with Crippen LogP contribution in [0.15, 0.2) is 64.5 Å². The summed E-state index contributed by atoms with van der Waals surface area (Å²) in [5.74, 6) is 0.563. The monoisotopic (exact) mass is 320 g/mol. The lowest BCUT2D eigenvalue weighted by Crippen LogP contribution is -1.90. The molecule has 3 heteroatoms. The Labute approximate surface area is 118 Å². The Hall–Kier alpha value is -1.19. The number of halogens is 1. The van der Waals surface area contributed by atoms with Gasteiger partial charge in [0, 0.05) is 9.88 Å². The summed E-state index contributed by atoms with van der Waals surface area (Å²) in [5.41, 5.74) is 2.15. The van der Waals surface area contributed by atoms with Crippen molar-refractivity contribution in [1.82, 2.24) is 0 Å². The van der Waals surface area contributed by atoms with Crippen LogP contribution in [-0.4, -0.2) is 4.21 Å². The van der Waals surface area contributed by atoms with Gasteiger partial charge in [-0.1, -0.05) is 58.4 Å². The third-order valence-electron chi connectivity index (χ3n) is 2.43. The van der Waals surface area contributed by atoms with E-state index in [-0.39, 0.29) is 0 Å². The quantitative estimate of drug-likeness (QED) is 0.817. The van der Waals surface area contributed by atoms with E-state index in [0.717, 1.165) is 15.6 Å². The highest BCUT2D eigenvalue weighted by Crippen LogP contribution is 2.12. The van der Waals surface area contributed by atoms with E-state index >= 15 is 0 Å². The molecule has 0 bridgehead atoms. The van der Waals surface area contributed by atoms with Crippen LogP contribution in [0.2, 0.25) is 0 Å². The van der Waals surface area contributed by atoms with E-state index in [0.29, 0.717) is 5.75 Å². The van der Waals surface area contributed by atoms with Crippen LogP contribution in [-0.2, 0) is 16.6 Å². The highest BCUT2D eigenvalue weighted by atomic mass is 79.9. The summed E-state index contributed by atoms with van der Waals surface area (Å²) >= 11 is 3.39. The molecule has 1 atom stereocenters. The molecule has 2 rings (SSSR count). The molecule has 0 aliphatic carbocycles. The molecule has 1 nitrogen and oxygen atoms in total. The fraction of sp³-hybridized carbons (Fsp3) is 0.0667. The van der Waals surface area contributed by atoms with E-state index in [1.165, 1.54) is 0 Å². The Morgan fingerprint density at radius 3 is 2.33 bits per heavy atom. The van der Waals surface area contributed by atoms with E-state index in [2.05, 4.69) is 15.9 Å². The van der Waals surface area contributed by atoms with E-state index in [9.17, 15) is 4.21 Å². The van der Waals surface area contributed by atoms with Crippen LogP contribution in [0, 0.1) is 0 Å². The Balaban J connectivity index is 1.97. The van der Waals surface area contributed by atoms with Crippen LogP contribution in [0.1, 0.15) is 11.1 Å². The molecule has 0 N–H and O–H groups in total. The molecule has 2 aromatic rings. The van der Waals surface area contributed by atoms with Crippen molar-refractivity contribution in [2.45, 2.75) is 5.75 Å². The van der Waals surface area contributed by atoms with Gasteiger partial charge in [-0.05, 0) is 29.3 Å². The summed E-state index contributed by atoms with van der Waals surface area (Å²) in [7, 11) is -0.969. The van der Waals surface area contributed by atoms with Crippen molar-refractivity contribution in [3.05, 3.63) is 75.6 Å².